The van der Waals surface area contributed by atoms with Crippen molar-refractivity contribution in [3.8, 4) is 17.1 Å². The largest absolute Gasteiger partial charge is 0.475 e. The van der Waals surface area contributed by atoms with Gasteiger partial charge in [-0.2, -0.15) is 0 Å². The molecule has 0 fully saturated rings. The quantitative estimate of drug-likeness (QED) is 0.735. The minimum atomic E-state index is -0.304. The summed E-state index contributed by atoms with van der Waals surface area (Å²) in [7, 11) is 3.15. The SMILES string of the molecule is COCCOc1cccc(-c2ccc(COC)c(F)c2)n1. The molecule has 0 N–H and O–H groups in total. The van der Waals surface area contributed by atoms with Crippen LogP contribution in [0.1, 0.15) is 5.56 Å². The van der Waals surface area contributed by atoms with Crippen LogP contribution in [0.15, 0.2) is 36.4 Å². The van der Waals surface area contributed by atoms with E-state index < -0.39 is 0 Å². The predicted molar refractivity (Wildman–Crippen MR) is 77.7 cm³/mol. The number of pyridine rings is 1. The van der Waals surface area contributed by atoms with E-state index in [4.69, 9.17) is 14.2 Å². The van der Waals surface area contributed by atoms with E-state index in [2.05, 4.69) is 4.98 Å². The number of ether oxygens (including phenoxy) is 3. The minimum Gasteiger partial charge on any atom is -0.475 e. The van der Waals surface area contributed by atoms with Gasteiger partial charge in [0.1, 0.15) is 12.4 Å². The molecule has 2 aromatic rings. The first-order valence-electron chi connectivity index (χ1n) is 6.61. The summed E-state index contributed by atoms with van der Waals surface area (Å²) in [5.41, 5.74) is 1.88. The topological polar surface area (TPSA) is 40.6 Å². The van der Waals surface area contributed by atoms with Crippen molar-refractivity contribution in [2.45, 2.75) is 6.61 Å². The minimum absolute atomic E-state index is 0.250. The van der Waals surface area contributed by atoms with E-state index in [1.54, 1.807) is 19.2 Å². The fourth-order valence-electron chi connectivity index (χ4n) is 1.86. The Labute approximate surface area is 123 Å². The molecular formula is C16H18FNO3. The van der Waals surface area contributed by atoms with E-state index in [0.717, 1.165) is 0 Å². The third kappa shape index (κ3) is 4.24. The van der Waals surface area contributed by atoms with Crippen molar-refractivity contribution >= 4 is 0 Å². The normalized spacial score (nSPS) is 10.6. The summed E-state index contributed by atoms with van der Waals surface area (Å²) in [6.07, 6.45) is 0. The molecule has 0 amide bonds. The second-order valence-electron chi connectivity index (χ2n) is 4.44. The molecule has 0 atom stereocenters. The van der Waals surface area contributed by atoms with Crippen LogP contribution < -0.4 is 4.74 Å². The Kier molecular flexibility index (Phi) is 5.66. The molecule has 0 saturated carbocycles. The zero-order valence-corrected chi connectivity index (χ0v) is 12.1. The van der Waals surface area contributed by atoms with Gasteiger partial charge in [-0.1, -0.05) is 18.2 Å². The van der Waals surface area contributed by atoms with E-state index in [-0.39, 0.29) is 12.4 Å². The third-order valence-electron chi connectivity index (χ3n) is 2.91. The molecule has 0 radical (unpaired) electrons. The molecule has 0 bridgehead atoms. The van der Waals surface area contributed by atoms with Gasteiger partial charge in [0, 0.05) is 31.4 Å². The van der Waals surface area contributed by atoms with Crippen LogP contribution in [0.3, 0.4) is 0 Å². The molecule has 0 aliphatic heterocycles. The van der Waals surface area contributed by atoms with E-state index in [1.807, 2.05) is 18.2 Å². The molecule has 1 aromatic carbocycles. The van der Waals surface area contributed by atoms with E-state index >= 15 is 0 Å². The fraction of sp³-hybridized carbons (Fsp3) is 0.312. The highest BCUT2D eigenvalue weighted by Crippen LogP contribution is 2.22. The molecule has 0 aliphatic rings. The number of hydrogen-bond acceptors (Lipinski definition) is 4. The van der Waals surface area contributed by atoms with Crippen LogP contribution in [0.4, 0.5) is 4.39 Å². The van der Waals surface area contributed by atoms with Crippen LogP contribution in [0.2, 0.25) is 0 Å². The molecule has 21 heavy (non-hydrogen) atoms. The average Bonchev–Trinajstić information content (AvgIpc) is 2.50. The Bertz CT molecular complexity index is 589. The van der Waals surface area contributed by atoms with Crippen molar-refractivity contribution < 1.29 is 18.6 Å². The lowest BCUT2D eigenvalue weighted by Crippen LogP contribution is -2.05. The van der Waals surface area contributed by atoms with E-state index in [0.29, 0.717) is 35.9 Å². The first-order valence-corrected chi connectivity index (χ1v) is 6.61. The second-order valence-corrected chi connectivity index (χ2v) is 4.44. The predicted octanol–water partition coefficient (Wildman–Crippen LogP) is 3.06. The third-order valence-corrected chi connectivity index (χ3v) is 2.91. The zero-order chi connectivity index (χ0) is 15.1. The van der Waals surface area contributed by atoms with Gasteiger partial charge in [0.15, 0.2) is 0 Å². The van der Waals surface area contributed by atoms with Crippen LogP contribution in [-0.4, -0.2) is 32.4 Å². The fourth-order valence-corrected chi connectivity index (χ4v) is 1.86. The van der Waals surface area contributed by atoms with Crippen molar-refractivity contribution in [1.29, 1.82) is 0 Å². The molecule has 0 aliphatic carbocycles. The van der Waals surface area contributed by atoms with Crippen LogP contribution >= 0.6 is 0 Å². The van der Waals surface area contributed by atoms with Gasteiger partial charge in [-0.25, -0.2) is 9.37 Å². The maximum atomic E-state index is 13.9. The Balaban J connectivity index is 2.17. The number of hydrogen-bond donors (Lipinski definition) is 0. The van der Waals surface area contributed by atoms with Gasteiger partial charge in [-0.3, -0.25) is 0 Å². The van der Waals surface area contributed by atoms with E-state index in [1.165, 1.54) is 13.2 Å². The maximum absolute atomic E-state index is 13.9. The van der Waals surface area contributed by atoms with Crippen molar-refractivity contribution in [3.63, 3.8) is 0 Å². The number of aromatic nitrogens is 1. The number of halogens is 1. The summed E-state index contributed by atoms with van der Waals surface area (Å²) >= 11 is 0. The standard InChI is InChI=1S/C16H18FNO3/c1-19-8-9-21-16-5-3-4-15(18-16)12-6-7-13(11-20-2)14(17)10-12/h3-7,10H,8-9,11H2,1-2H3. The number of benzene rings is 1. The van der Waals surface area contributed by atoms with Gasteiger partial charge in [-0.15, -0.1) is 0 Å². The van der Waals surface area contributed by atoms with Crippen LogP contribution in [0, 0.1) is 5.82 Å². The van der Waals surface area contributed by atoms with Gasteiger partial charge in [0.05, 0.1) is 18.9 Å². The lowest BCUT2D eigenvalue weighted by molar-refractivity contribution is 0.144. The highest BCUT2D eigenvalue weighted by atomic mass is 19.1. The summed E-state index contributed by atoms with van der Waals surface area (Å²) in [6.45, 7) is 1.17. The zero-order valence-electron chi connectivity index (χ0n) is 12.1. The van der Waals surface area contributed by atoms with Crippen molar-refractivity contribution in [3.05, 3.63) is 47.8 Å². The van der Waals surface area contributed by atoms with Gasteiger partial charge in [-0.05, 0) is 12.1 Å². The Morgan fingerprint density at radius 3 is 2.62 bits per heavy atom. The molecule has 0 spiro atoms. The first kappa shape index (κ1) is 15.4. The summed E-state index contributed by atoms with van der Waals surface area (Å²) in [5.74, 6) is 0.188. The average molecular weight is 291 g/mol. The van der Waals surface area contributed by atoms with Gasteiger partial charge in [0.2, 0.25) is 5.88 Å². The molecule has 0 unspecified atom stereocenters. The molecule has 4 nitrogen and oxygen atoms in total. The maximum Gasteiger partial charge on any atom is 0.213 e. The second kappa shape index (κ2) is 7.71. The summed E-state index contributed by atoms with van der Waals surface area (Å²) in [4.78, 5) is 4.36. The lowest BCUT2D eigenvalue weighted by atomic mass is 10.1. The molecule has 112 valence electrons. The highest BCUT2D eigenvalue weighted by Gasteiger charge is 2.07. The summed E-state index contributed by atoms with van der Waals surface area (Å²) in [6, 6.07) is 10.4. The van der Waals surface area contributed by atoms with Crippen molar-refractivity contribution in [2.75, 3.05) is 27.4 Å². The Hall–Kier alpha value is -1.98. The van der Waals surface area contributed by atoms with Gasteiger partial charge >= 0.3 is 0 Å². The van der Waals surface area contributed by atoms with Crippen LogP contribution in [0.25, 0.3) is 11.3 Å². The lowest BCUT2D eigenvalue weighted by Gasteiger charge is -2.08. The monoisotopic (exact) mass is 291 g/mol. The smallest absolute Gasteiger partial charge is 0.213 e. The summed E-state index contributed by atoms with van der Waals surface area (Å²) in [5, 5.41) is 0. The molecule has 1 aromatic heterocycles. The van der Waals surface area contributed by atoms with Crippen molar-refractivity contribution in [2.24, 2.45) is 0 Å². The van der Waals surface area contributed by atoms with Crippen LogP contribution in [-0.2, 0) is 16.1 Å². The molecule has 5 heteroatoms. The Morgan fingerprint density at radius 2 is 1.90 bits per heavy atom. The summed E-state index contributed by atoms with van der Waals surface area (Å²) < 4.78 is 29.2. The Morgan fingerprint density at radius 1 is 1.05 bits per heavy atom. The first-order chi connectivity index (χ1) is 10.2. The number of rotatable bonds is 7. The number of nitrogens with zero attached hydrogens (tertiary/aromatic N) is 1. The highest BCUT2D eigenvalue weighted by molar-refractivity contribution is 5.60. The molecule has 0 saturated heterocycles. The molecule has 2 rings (SSSR count). The van der Waals surface area contributed by atoms with Crippen molar-refractivity contribution in [1.82, 2.24) is 4.98 Å². The van der Waals surface area contributed by atoms with E-state index in [9.17, 15) is 4.39 Å². The van der Waals surface area contributed by atoms with Gasteiger partial charge < -0.3 is 14.2 Å². The van der Waals surface area contributed by atoms with Crippen LogP contribution in [0.5, 0.6) is 5.88 Å². The van der Waals surface area contributed by atoms with Gasteiger partial charge in [0.25, 0.3) is 0 Å². The molecular weight excluding hydrogens is 273 g/mol. The molecule has 1 heterocycles. The number of methoxy groups -OCH3 is 2.